The molecule has 1 heterocycles. The van der Waals surface area contributed by atoms with Crippen molar-refractivity contribution in [3.05, 3.63) is 72.1 Å². The zero-order chi connectivity index (χ0) is 11.2. The van der Waals surface area contributed by atoms with Gasteiger partial charge in [-0.3, -0.25) is 4.98 Å². The van der Waals surface area contributed by atoms with Crippen LogP contribution in [-0.2, 0) is 0 Å². The van der Waals surface area contributed by atoms with E-state index in [-0.39, 0.29) is 6.61 Å². The summed E-state index contributed by atoms with van der Waals surface area (Å²) in [5.41, 5.74) is 2.90. The Labute approximate surface area is 94.9 Å². The Bertz CT molecular complexity index is 421. The third-order valence-corrected chi connectivity index (χ3v) is 2.32. The minimum atomic E-state index is 0.0147. The standard InChI is InChI=1S/C14H13NO/c16-11-9-13(12-6-2-1-3-7-12)14-8-4-5-10-15-14/h1-10,16H,11H2/b13-9+. The number of aromatic nitrogens is 1. The Morgan fingerprint density at radius 1 is 1.06 bits per heavy atom. The number of hydrogen-bond donors (Lipinski definition) is 1. The topological polar surface area (TPSA) is 33.1 Å². The van der Waals surface area contributed by atoms with Crippen molar-refractivity contribution in [1.82, 2.24) is 4.98 Å². The van der Waals surface area contributed by atoms with Gasteiger partial charge in [0.1, 0.15) is 0 Å². The Morgan fingerprint density at radius 2 is 1.81 bits per heavy atom. The Balaban J connectivity index is 2.44. The lowest BCUT2D eigenvalue weighted by atomic mass is 10.0. The maximum atomic E-state index is 9.06. The van der Waals surface area contributed by atoms with E-state index in [1.807, 2.05) is 48.5 Å². The molecular formula is C14H13NO. The minimum absolute atomic E-state index is 0.0147. The normalized spacial score (nSPS) is 11.4. The van der Waals surface area contributed by atoms with Crippen molar-refractivity contribution in [3.63, 3.8) is 0 Å². The molecule has 0 aliphatic heterocycles. The van der Waals surface area contributed by atoms with Crippen LogP contribution in [0.5, 0.6) is 0 Å². The Hall–Kier alpha value is -1.93. The van der Waals surface area contributed by atoms with Gasteiger partial charge in [-0.25, -0.2) is 0 Å². The van der Waals surface area contributed by atoms with Gasteiger partial charge in [0.05, 0.1) is 12.3 Å². The van der Waals surface area contributed by atoms with Crippen molar-refractivity contribution in [2.24, 2.45) is 0 Å². The van der Waals surface area contributed by atoms with Crippen LogP contribution in [-0.4, -0.2) is 16.7 Å². The average Bonchev–Trinajstić information content (AvgIpc) is 2.38. The lowest BCUT2D eigenvalue weighted by Crippen LogP contribution is -1.92. The van der Waals surface area contributed by atoms with Crippen molar-refractivity contribution >= 4 is 5.57 Å². The van der Waals surface area contributed by atoms with Gasteiger partial charge in [-0.2, -0.15) is 0 Å². The van der Waals surface area contributed by atoms with Gasteiger partial charge in [-0.05, 0) is 23.8 Å². The maximum absolute atomic E-state index is 9.06. The highest BCUT2D eigenvalue weighted by Gasteiger charge is 2.04. The molecule has 1 aromatic carbocycles. The zero-order valence-electron chi connectivity index (χ0n) is 8.88. The van der Waals surface area contributed by atoms with E-state index in [0.29, 0.717) is 0 Å². The number of benzene rings is 1. The van der Waals surface area contributed by atoms with Crippen LogP contribution >= 0.6 is 0 Å². The highest BCUT2D eigenvalue weighted by Crippen LogP contribution is 2.20. The number of aliphatic hydroxyl groups is 1. The molecule has 0 spiro atoms. The minimum Gasteiger partial charge on any atom is -0.392 e. The molecule has 0 saturated heterocycles. The monoisotopic (exact) mass is 211 g/mol. The smallest absolute Gasteiger partial charge is 0.0705 e. The highest BCUT2D eigenvalue weighted by atomic mass is 16.2. The largest absolute Gasteiger partial charge is 0.392 e. The van der Waals surface area contributed by atoms with Crippen LogP contribution in [0.3, 0.4) is 0 Å². The van der Waals surface area contributed by atoms with Crippen molar-refractivity contribution in [2.75, 3.05) is 6.61 Å². The van der Waals surface area contributed by atoms with Gasteiger partial charge in [0.2, 0.25) is 0 Å². The average molecular weight is 211 g/mol. The molecule has 0 atom stereocenters. The molecule has 0 aliphatic rings. The molecule has 2 aromatic rings. The van der Waals surface area contributed by atoms with E-state index in [9.17, 15) is 0 Å². The lowest BCUT2D eigenvalue weighted by molar-refractivity contribution is 0.343. The van der Waals surface area contributed by atoms with E-state index in [2.05, 4.69) is 4.98 Å². The summed E-state index contributed by atoms with van der Waals surface area (Å²) in [7, 11) is 0. The molecule has 80 valence electrons. The first-order chi connectivity index (χ1) is 7.92. The van der Waals surface area contributed by atoms with Gasteiger partial charge in [-0.15, -0.1) is 0 Å². The van der Waals surface area contributed by atoms with E-state index in [4.69, 9.17) is 5.11 Å². The summed E-state index contributed by atoms with van der Waals surface area (Å²) in [4.78, 5) is 4.29. The molecule has 0 bridgehead atoms. The van der Waals surface area contributed by atoms with E-state index in [0.717, 1.165) is 16.8 Å². The number of pyridine rings is 1. The summed E-state index contributed by atoms with van der Waals surface area (Å²) in [6, 6.07) is 15.7. The van der Waals surface area contributed by atoms with Gasteiger partial charge >= 0.3 is 0 Å². The Kier molecular flexibility index (Phi) is 3.46. The fourth-order valence-corrected chi connectivity index (χ4v) is 1.60. The predicted octanol–water partition coefficient (Wildman–Crippen LogP) is 2.51. The predicted molar refractivity (Wildman–Crippen MR) is 64.8 cm³/mol. The molecule has 0 unspecified atom stereocenters. The van der Waals surface area contributed by atoms with Crippen LogP contribution in [0.1, 0.15) is 11.3 Å². The summed E-state index contributed by atoms with van der Waals surface area (Å²) in [5.74, 6) is 0. The second-order valence-corrected chi connectivity index (χ2v) is 3.38. The summed E-state index contributed by atoms with van der Waals surface area (Å²) < 4.78 is 0. The SMILES string of the molecule is OC/C=C(\c1ccccc1)c1ccccn1. The van der Waals surface area contributed by atoms with Crippen molar-refractivity contribution in [1.29, 1.82) is 0 Å². The molecule has 2 heteroatoms. The van der Waals surface area contributed by atoms with Gasteiger partial charge in [0.25, 0.3) is 0 Å². The van der Waals surface area contributed by atoms with Crippen LogP contribution < -0.4 is 0 Å². The third-order valence-electron chi connectivity index (χ3n) is 2.32. The molecule has 0 aliphatic carbocycles. The first kappa shape index (κ1) is 10.6. The summed E-state index contributed by atoms with van der Waals surface area (Å²) in [6.07, 6.45) is 3.53. The quantitative estimate of drug-likeness (QED) is 0.846. The van der Waals surface area contributed by atoms with Crippen LogP contribution in [0.15, 0.2) is 60.8 Å². The summed E-state index contributed by atoms with van der Waals surface area (Å²) in [6.45, 7) is 0.0147. The lowest BCUT2D eigenvalue weighted by Gasteiger charge is -2.06. The molecule has 1 N–H and O–H groups in total. The molecule has 1 aromatic heterocycles. The van der Waals surface area contributed by atoms with Gasteiger partial charge in [-0.1, -0.05) is 36.4 Å². The van der Waals surface area contributed by atoms with Crippen molar-refractivity contribution in [2.45, 2.75) is 0 Å². The van der Waals surface area contributed by atoms with Gasteiger partial charge in [0.15, 0.2) is 0 Å². The fourth-order valence-electron chi connectivity index (χ4n) is 1.60. The number of hydrogen-bond acceptors (Lipinski definition) is 2. The van der Waals surface area contributed by atoms with Crippen LogP contribution in [0.4, 0.5) is 0 Å². The van der Waals surface area contributed by atoms with E-state index in [1.54, 1.807) is 12.3 Å². The number of aliphatic hydroxyl groups excluding tert-OH is 1. The first-order valence-electron chi connectivity index (χ1n) is 5.19. The van der Waals surface area contributed by atoms with E-state index < -0.39 is 0 Å². The van der Waals surface area contributed by atoms with E-state index in [1.165, 1.54) is 0 Å². The van der Waals surface area contributed by atoms with Crippen LogP contribution in [0.2, 0.25) is 0 Å². The summed E-state index contributed by atoms with van der Waals surface area (Å²) >= 11 is 0. The fraction of sp³-hybridized carbons (Fsp3) is 0.0714. The van der Waals surface area contributed by atoms with E-state index >= 15 is 0 Å². The van der Waals surface area contributed by atoms with Gasteiger partial charge < -0.3 is 5.11 Å². The second-order valence-electron chi connectivity index (χ2n) is 3.38. The molecule has 0 saturated carbocycles. The molecular weight excluding hydrogens is 198 g/mol. The van der Waals surface area contributed by atoms with Gasteiger partial charge in [0, 0.05) is 11.8 Å². The Morgan fingerprint density at radius 3 is 2.44 bits per heavy atom. The molecule has 0 amide bonds. The van der Waals surface area contributed by atoms with Crippen molar-refractivity contribution < 1.29 is 5.11 Å². The highest BCUT2D eigenvalue weighted by molar-refractivity contribution is 5.77. The molecule has 16 heavy (non-hydrogen) atoms. The number of nitrogens with zero attached hydrogens (tertiary/aromatic N) is 1. The molecule has 0 fully saturated rings. The second kappa shape index (κ2) is 5.24. The molecule has 2 nitrogen and oxygen atoms in total. The van der Waals surface area contributed by atoms with Crippen LogP contribution in [0, 0.1) is 0 Å². The zero-order valence-corrected chi connectivity index (χ0v) is 8.88. The van der Waals surface area contributed by atoms with Crippen LogP contribution in [0.25, 0.3) is 5.57 Å². The first-order valence-corrected chi connectivity index (χ1v) is 5.19. The molecule has 2 rings (SSSR count). The maximum Gasteiger partial charge on any atom is 0.0705 e. The number of rotatable bonds is 3. The third kappa shape index (κ3) is 2.35. The van der Waals surface area contributed by atoms with Crippen molar-refractivity contribution in [3.8, 4) is 0 Å². The summed E-state index contributed by atoms with van der Waals surface area (Å²) in [5, 5.41) is 9.06. The molecule has 0 radical (unpaired) electrons.